The SMILES string of the molecule is C=CCOC(=O)C1=C(C)NC(C)=C(C(=O)OCC=C)C1c1ccc(-c2cc(Cl)ccc2Cl)o1. The van der Waals surface area contributed by atoms with Crippen LogP contribution in [0.3, 0.4) is 0 Å². The van der Waals surface area contributed by atoms with Gasteiger partial charge in [0.1, 0.15) is 24.7 Å². The molecule has 0 radical (unpaired) electrons. The maximum absolute atomic E-state index is 13.0. The number of carbonyl (C=O) groups excluding carboxylic acids is 2. The summed E-state index contributed by atoms with van der Waals surface area (Å²) in [4.78, 5) is 26.0. The molecule has 1 aliphatic rings. The molecule has 1 aromatic heterocycles. The second-order valence-electron chi connectivity index (χ2n) is 7.24. The highest BCUT2D eigenvalue weighted by molar-refractivity contribution is 6.35. The molecule has 0 saturated heterocycles. The monoisotopic (exact) mass is 487 g/mol. The average molecular weight is 488 g/mol. The zero-order chi connectivity index (χ0) is 24.1. The Bertz CT molecular complexity index is 1130. The van der Waals surface area contributed by atoms with Crippen molar-refractivity contribution in [2.75, 3.05) is 13.2 Å². The lowest BCUT2D eigenvalue weighted by Gasteiger charge is -2.29. The number of benzene rings is 1. The predicted octanol–water partition coefficient (Wildman–Crippen LogP) is 5.95. The molecule has 6 nitrogen and oxygen atoms in total. The molecule has 2 heterocycles. The van der Waals surface area contributed by atoms with Crippen LogP contribution in [-0.4, -0.2) is 25.2 Å². The van der Waals surface area contributed by atoms with Gasteiger partial charge in [-0.3, -0.25) is 0 Å². The maximum atomic E-state index is 13.0. The molecule has 1 aromatic carbocycles. The second kappa shape index (κ2) is 10.6. The van der Waals surface area contributed by atoms with E-state index < -0.39 is 17.9 Å². The lowest BCUT2D eigenvalue weighted by Crippen LogP contribution is -2.32. The molecular formula is C25H23Cl2NO5. The topological polar surface area (TPSA) is 77.8 Å². The highest BCUT2D eigenvalue weighted by atomic mass is 35.5. The zero-order valence-electron chi connectivity index (χ0n) is 18.2. The van der Waals surface area contributed by atoms with Crippen molar-refractivity contribution in [3.05, 3.63) is 94.0 Å². The van der Waals surface area contributed by atoms with Gasteiger partial charge in [0.15, 0.2) is 0 Å². The van der Waals surface area contributed by atoms with Gasteiger partial charge in [-0.2, -0.15) is 0 Å². The Kier molecular flexibility index (Phi) is 7.84. The third kappa shape index (κ3) is 5.24. The van der Waals surface area contributed by atoms with Gasteiger partial charge in [-0.15, -0.1) is 0 Å². The molecule has 8 heteroatoms. The Morgan fingerprint density at radius 1 is 1.00 bits per heavy atom. The van der Waals surface area contributed by atoms with E-state index in [0.29, 0.717) is 38.5 Å². The lowest BCUT2D eigenvalue weighted by molar-refractivity contribution is -0.139. The molecule has 0 unspecified atom stereocenters. The molecule has 0 atom stereocenters. The number of furan rings is 1. The number of esters is 2. The minimum atomic E-state index is -0.868. The lowest BCUT2D eigenvalue weighted by atomic mass is 9.83. The summed E-state index contributed by atoms with van der Waals surface area (Å²) in [5, 5.41) is 4.01. The van der Waals surface area contributed by atoms with Gasteiger partial charge < -0.3 is 19.2 Å². The van der Waals surface area contributed by atoms with Crippen molar-refractivity contribution in [2.45, 2.75) is 19.8 Å². The van der Waals surface area contributed by atoms with Crippen molar-refractivity contribution in [2.24, 2.45) is 0 Å². The van der Waals surface area contributed by atoms with Crippen LogP contribution in [0, 0.1) is 0 Å². The molecule has 1 N–H and O–H groups in total. The number of ether oxygens (including phenoxy) is 2. The summed E-state index contributed by atoms with van der Waals surface area (Å²) in [7, 11) is 0. The van der Waals surface area contributed by atoms with E-state index >= 15 is 0 Å². The first kappa shape index (κ1) is 24.4. The summed E-state index contributed by atoms with van der Waals surface area (Å²) in [6.07, 6.45) is 2.93. The van der Waals surface area contributed by atoms with Gasteiger partial charge in [0.2, 0.25) is 0 Å². The number of nitrogens with one attached hydrogen (secondary N) is 1. The summed E-state index contributed by atoms with van der Waals surface area (Å²) in [6, 6.07) is 8.40. The Morgan fingerprint density at radius 2 is 1.58 bits per heavy atom. The van der Waals surface area contributed by atoms with Gasteiger partial charge in [0.05, 0.1) is 22.1 Å². The first-order valence-corrected chi connectivity index (χ1v) is 10.8. The van der Waals surface area contributed by atoms with E-state index in [1.807, 2.05) is 0 Å². The van der Waals surface area contributed by atoms with E-state index in [1.165, 1.54) is 12.2 Å². The number of rotatable bonds is 8. The minimum absolute atomic E-state index is 0.0167. The molecule has 0 saturated carbocycles. The van der Waals surface area contributed by atoms with E-state index in [9.17, 15) is 9.59 Å². The molecule has 0 amide bonds. The number of halogens is 2. The van der Waals surface area contributed by atoms with Crippen molar-refractivity contribution >= 4 is 35.1 Å². The van der Waals surface area contributed by atoms with Crippen molar-refractivity contribution in [1.29, 1.82) is 0 Å². The zero-order valence-corrected chi connectivity index (χ0v) is 19.8. The third-order valence-electron chi connectivity index (χ3n) is 4.97. The maximum Gasteiger partial charge on any atom is 0.337 e. The quantitative estimate of drug-likeness (QED) is 0.366. The highest BCUT2D eigenvalue weighted by Gasteiger charge is 2.40. The molecule has 0 fully saturated rings. The highest BCUT2D eigenvalue weighted by Crippen LogP contribution is 2.42. The first-order valence-electron chi connectivity index (χ1n) is 10.1. The fourth-order valence-electron chi connectivity index (χ4n) is 3.58. The van der Waals surface area contributed by atoms with Crippen LogP contribution in [0.5, 0.6) is 0 Å². The van der Waals surface area contributed by atoms with Crippen LogP contribution < -0.4 is 5.32 Å². The number of hydrogen-bond acceptors (Lipinski definition) is 6. The number of hydrogen-bond donors (Lipinski definition) is 1. The van der Waals surface area contributed by atoms with Gasteiger partial charge in [0.25, 0.3) is 0 Å². The van der Waals surface area contributed by atoms with Crippen LogP contribution in [0.15, 0.2) is 82.6 Å². The summed E-state index contributed by atoms with van der Waals surface area (Å²) in [5.74, 6) is -1.30. The van der Waals surface area contributed by atoms with Crippen molar-refractivity contribution in [3.8, 4) is 11.3 Å². The number of carbonyl (C=O) groups is 2. The summed E-state index contributed by atoms with van der Waals surface area (Å²) in [6.45, 7) is 10.6. The summed E-state index contributed by atoms with van der Waals surface area (Å²) in [5.41, 5.74) is 2.10. The van der Waals surface area contributed by atoms with Gasteiger partial charge in [0, 0.05) is 22.0 Å². The molecular weight excluding hydrogens is 465 g/mol. The smallest absolute Gasteiger partial charge is 0.337 e. The third-order valence-corrected chi connectivity index (χ3v) is 5.53. The molecule has 0 spiro atoms. The van der Waals surface area contributed by atoms with E-state index in [2.05, 4.69) is 18.5 Å². The van der Waals surface area contributed by atoms with E-state index in [-0.39, 0.29) is 24.4 Å². The first-order chi connectivity index (χ1) is 15.8. The molecule has 2 aromatic rings. The van der Waals surface area contributed by atoms with Gasteiger partial charge in [-0.05, 0) is 44.2 Å². The van der Waals surface area contributed by atoms with Crippen LogP contribution >= 0.6 is 23.2 Å². The minimum Gasteiger partial charge on any atom is -0.460 e. The number of allylic oxidation sites excluding steroid dienone is 2. The van der Waals surface area contributed by atoms with Gasteiger partial charge in [-0.1, -0.05) is 48.5 Å². The fourth-order valence-corrected chi connectivity index (χ4v) is 3.97. The standard InChI is InChI=1S/C25H23Cl2NO5/c1-5-11-31-24(29)21-14(3)28-15(4)22(25(30)32-12-6-2)23(21)20-10-9-19(33-20)17-13-16(26)7-8-18(17)27/h5-10,13,23,28H,1-2,11-12H2,3-4H3. The Hall–Kier alpha value is -3.22. The molecule has 172 valence electrons. The summed E-state index contributed by atoms with van der Waals surface area (Å²) >= 11 is 12.5. The molecule has 0 bridgehead atoms. The van der Waals surface area contributed by atoms with Crippen LogP contribution in [-0.2, 0) is 19.1 Å². The van der Waals surface area contributed by atoms with Gasteiger partial charge >= 0.3 is 11.9 Å². The van der Waals surface area contributed by atoms with Crippen LogP contribution in [0.4, 0.5) is 0 Å². The van der Waals surface area contributed by atoms with Crippen LogP contribution in [0.25, 0.3) is 11.3 Å². The molecule has 1 aliphatic heterocycles. The fraction of sp³-hybridized carbons (Fsp3) is 0.200. The molecule has 0 aliphatic carbocycles. The van der Waals surface area contributed by atoms with Crippen molar-refractivity contribution in [1.82, 2.24) is 5.32 Å². The van der Waals surface area contributed by atoms with E-state index in [0.717, 1.165) is 0 Å². The van der Waals surface area contributed by atoms with E-state index in [1.54, 1.807) is 44.2 Å². The Labute approximate surface area is 202 Å². The van der Waals surface area contributed by atoms with Crippen LogP contribution in [0.2, 0.25) is 10.0 Å². The largest absolute Gasteiger partial charge is 0.460 e. The van der Waals surface area contributed by atoms with Crippen molar-refractivity contribution in [3.63, 3.8) is 0 Å². The normalized spacial score (nSPS) is 14.1. The second-order valence-corrected chi connectivity index (χ2v) is 8.08. The molecule has 33 heavy (non-hydrogen) atoms. The predicted molar refractivity (Wildman–Crippen MR) is 128 cm³/mol. The van der Waals surface area contributed by atoms with E-state index in [4.69, 9.17) is 37.1 Å². The van der Waals surface area contributed by atoms with Crippen molar-refractivity contribution < 1.29 is 23.5 Å². The average Bonchev–Trinajstić information content (AvgIpc) is 3.26. The molecule has 3 rings (SSSR count). The van der Waals surface area contributed by atoms with Crippen LogP contribution in [0.1, 0.15) is 25.5 Å². The Balaban J connectivity index is 2.13. The van der Waals surface area contributed by atoms with Gasteiger partial charge in [-0.25, -0.2) is 9.59 Å². The number of dihydropyridines is 1. The Morgan fingerprint density at radius 3 is 2.12 bits per heavy atom. The summed E-state index contributed by atoms with van der Waals surface area (Å²) < 4.78 is 16.7.